The predicted molar refractivity (Wildman–Crippen MR) is 124 cm³/mol. The number of hydrogen-bond donors (Lipinski definition) is 3. The molecule has 0 radical (unpaired) electrons. The normalized spacial score (nSPS) is 23.4. The molecule has 0 saturated carbocycles. The molecule has 170 valence electrons. The van der Waals surface area contributed by atoms with E-state index in [-0.39, 0.29) is 17.4 Å². The zero-order valence-electron chi connectivity index (χ0n) is 18.4. The number of H-pyrrole nitrogens is 1. The van der Waals surface area contributed by atoms with Crippen molar-refractivity contribution in [1.29, 1.82) is 0 Å². The van der Waals surface area contributed by atoms with Crippen LogP contribution in [0.5, 0.6) is 5.75 Å². The second-order valence-electron chi connectivity index (χ2n) is 9.28. The van der Waals surface area contributed by atoms with Crippen molar-refractivity contribution in [2.75, 3.05) is 32.1 Å². The van der Waals surface area contributed by atoms with Crippen LogP contribution < -0.4 is 15.4 Å². The number of para-hydroxylation sites is 1. The number of nitrogens with one attached hydrogen (secondary N) is 3. The van der Waals surface area contributed by atoms with Crippen molar-refractivity contribution in [3.05, 3.63) is 59.8 Å². The van der Waals surface area contributed by atoms with Crippen LogP contribution in [0.15, 0.2) is 48.5 Å². The van der Waals surface area contributed by atoms with Gasteiger partial charge in [0.2, 0.25) is 0 Å². The van der Waals surface area contributed by atoms with Crippen molar-refractivity contribution in [1.82, 2.24) is 15.2 Å². The Balaban J connectivity index is 1.15. The van der Waals surface area contributed by atoms with E-state index >= 15 is 0 Å². The van der Waals surface area contributed by atoms with Gasteiger partial charge >= 0.3 is 0 Å². The Morgan fingerprint density at radius 1 is 1.09 bits per heavy atom. The van der Waals surface area contributed by atoms with Crippen LogP contribution in [0.2, 0.25) is 0 Å². The van der Waals surface area contributed by atoms with Crippen LogP contribution in [0.25, 0.3) is 10.9 Å². The monoisotopic (exact) mass is 446 g/mol. The molecule has 3 aliphatic heterocycles. The Bertz CT molecular complexity index is 1260. The molecule has 1 atom stereocenters. The molecule has 6 rings (SSSR count). The number of likely N-dealkylation sites (tertiary alicyclic amines) is 1. The van der Waals surface area contributed by atoms with E-state index in [9.17, 15) is 9.59 Å². The summed E-state index contributed by atoms with van der Waals surface area (Å²) in [5.74, 6) is 0.667. The van der Waals surface area contributed by atoms with E-state index in [1.165, 1.54) is 0 Å². The van der Waals surface area contributed by atoms with E-state index < -0.39 is 5.66 Å². The number of ether oxygens (including phenoxy) is 2. The number of aromatic nitrogens is 1. The standard InChI is InChI=1S/C25H26N4O4/c1-32-17-7-6-16-12-21(26-20(16)13-17)23(31)29-10-8-24(9-11-29)14-25(15-33-24)27-19-5-3-2-4-18(19)22(30)28-25/h2-7,12-13,26-27H,8-11,14-15H2,1H3,(H,28,30)/t25-/m0/s1. The first kappa shape index (κ1) is 20.1. The van der Waals surface area contributed by atoms with Gasteiger partial charge < -0.3 is 30.0 Å². The lowest BCUT2D eigenvalue weighted by Crippen LogP contribution is -2.59. The number of rotatable bonds is 2. The predicted octanol–water partition coefficient (Wildman–Crippen LogP) is 3.12. The summed E-state index contributed by atoms with van der Waals surface area (Å²) in [6.45, 7) is 1.63. The van der Waals surface area contributed by atoms with Crippen LogP contribution in [-0.2, 0) is 4.74 Å². The molecule has 2 aromatic carbocycles. The Morgan fingerprint density at radius 3 is 2.73 bits per heavy atom. The molecule has 8 nitrogen and oxygen atoms in total. The number of benzene rings is 2. The van der Waals surface area contributed by atoms with Crippen LogP contribution in [0.1, 0.15) is 40.1 Å². The lowest BCUT2D eigenvalue weighted by atomic mass is 9.84. The van der Waals surface area contributed by atoms with Gasteiger partial charge in [0.1, 0.15) is 17.1 Å². The fraction of sp³-hybridized carbons (Fsp3) is 0.360. The summed E-state index contributed by atoms with van der Waals surface area (Å²) in [4.78, 5) is 30.9. The van der Waals surface area contributed by atoms with E-state index in [2.05, 4.69) is 15.6 Å². The largest absolute Gasteiger partial charge is 0.497 e. The van der Waals surface area contributed by atoms with Crippen LogP contribution >= 0.6 is 0 Å². The highest BCUT2D eigenvalue weighted by Gasteiger charge is 2.53. The number of amides is 2. The Morgan fingerprint density at radius 2 is 1.91 bits per heavy atom. The number of carbonyl (C=O) groups is 2. The van der Waals surface area contributed by atoms with Crippen LogP contribution in [0.4, 0.5) is 5.69 Å². The van der Waals surface area contributed by atoms with Crippen LogP contribution in [0, 0.1) is 0 Å². The summed E-state index contributed by atoms with van der Waals surface area (Å²) in [6.07, 6.45) is 2.13. The first-order chi connectivity index (χ1) is 16.0. The van der Waals surface area contributed by atoms with E-state index in [0.29, 0.717) is 37.4 Å². The molecular weight excluding hydrogens is 420 g/mol. The van der Waals surface area contributed by atoms with Crippen molar-refractivity contribution in [3.63, 3.8) is 0 Å². The second kappa shape index (κ2) is 7.25. The van der Waals surface area contributed by atoms with Crippen LogP contribution in [-0.4, -0.2) is 59.8 Å². The molecule has 3 aliphatic rings. The fourth-order valence-corrected chi connectivity index (χ4v) is 5.41. The number of anilines is 1. The smallest absolute Gasteiger partial charge is 0.270 e. The van der Waals surface area contributed by atoms with Gasteiger partial charge in [-0.15, -0.1) is 0 Å². The minimum Gasteiger partial charge on any atom is -0.497 e. The highest BCUT2D eigenvalue weighted by Crippen LogP contribution is 2.43. The van der Waals surface area contributed by atoms with E-state index in [1.54, 1.807) is 7.11 Å². The van der Waals surface area contributed by atoms with Gasteiger partial charge in [-0.3, -0.25) is 9.59 Å². The summed E-state index contributed by atoms with van der Waals surface area (Å²) < 4.78 is 11.6. The second-order valence-corrected chi connectivity index (χ2v) is 9.28. The number of piperidine rings is 1. The van der Waals surface area contributed by atoms with Crippen molar-refractivity contribution in [2.45, 2.75) is 30.5 Å². The molecule has 2 amide bonds. The molecule has 0 bridgehead atoms. The molecule has 0 unspecified atom stereocenters. The number of fused-ring (bicyclic) bond motifs is 2. The molecule has 8 heteroatoms. The summed E-state index contributed by atoms with van der Waals surface area (Å²) in [6, 6.07) is 15.2. The van der Waals surface area contributed by atoms with Crippen molar-refractivity contribution >= 4 is 28.4 Å². The molecular formula is C25H26N4O4. The van der Waals surface area contributed by atoms with Crippen molar-refractivity contribution < 1.29 is 19.1 Å². The zero-order valence-corrected chi connectivity index (χ0v) is 18.4. The number of methoxy groups -OCH3 is 1. The van der Waals surface area contributed by atoms with Crippen LogP contribution in [0.3, 0.4) is 0 Å². The molecule has 3 N–H and O–H groups in total. The molecule has 3 aromatic rings. The molecule has 4 heterocycles. The van der Waals surface area contributed by atoms with Crippen molar-refractivity contribution in [3.8, 4) is 5.75 Å². The maximum absolute atomic E-state index is 13.2. The molecule has 1 aromatic heterocycles. The Labute approximate surface area is 191 Å². The summed E-state index contributed by atoms with van der Waals surface area (Å²) in [5.41, 5.74) is 2.00. The topological polar surface area (TPSA) is 95.7 Å². The third-order valence-corrected chi connectivity index (χ3v) is 7.17. The van der Waals surface area contributed by atoms with E-state index in [4.69, 9.17) is 9.47 Å². The quantitative estimate of drug-likeness (QED) is 0.562. The molecule has 2 fully saturated rings. The van der Waals surface area contributed by atoms with Gasteiger partial charge in [0.05, 0.1) is 24.9 Å². The molecule has 2 spiro atoms. The third-order valence-electron chi connectivity index (χ3n) is 7.17. The Hall–Kier alpha value is -3.52. The number of nitrogens with zero attached hydrogens (tertiary/aromatic N) is 1. The van der Waals surface area contributed by atoms with E-state index in [0.717, 1.165) is 35.2 Å². The summed E-state index contributed by atoms with van der Waals surface area (Å²) in [7, 11) is 1.63. The highest BCUT2D eigenvalue weighted by molar-refractivity contribution is 6.02. The Kier molecular flexibility index (Phi) is 4.42. The fourth-order valence-electron chi connectivity index (χ4n) is 5.41. The summed E-state index contributed by atoms with van der Waals surface area (Å²) >= 11 is 0. The van der Waals surface area contributed by atoms with Gasteiger partial charge in [-0.25, -0.2) is 0 Å². The molecule has 0 aliphatic carbocycles. The number of hydrogen-bond acceptors (Lipinski definition) is 5. The van der Waals surface area contributed by atoms with Gasteiger partial charge in [-0.05, 0) is 43.2 Å². The van der Waals surface area contributed by atoms with Gasteiger partial charge in [0.15, 0.2) is 0 Å². The summed E-state index contributed by atoms with van der Waals surface area (Å²) in [5, 5.41) is 7.62. The van der Waals surface area contributed by atoms with Gasteiger partial charge in [0.25, 0.3) is 11.8 Å². The number of aromatic amines is 1. The molecule has 2 saturated heterocycles. The zero-order chi connectivity index (χ0) is 22.6. The first-order valence-corrected chi connectivity index (χ1v) is 11.3. The molecule has 33 heavy (non-hydrogen) atoms. The lowest BCUT2D eigenvalue weighted by molar-refractivity contribution is -0.0394. The van der Waals surface area contributed by atoms with E-state index in [1.807, 2.05) is 53.4 Å². The van der Waals surface area contributed by atoms with Gasteiger partial charge in [-0.2, -0.15) is 0 Å². The van der Waals surface area contributed by atoms with Gasteiger partial charge in [-0.1, -0.05) is 12.1 Å². The lowest BCUT2D eigenvalue weighted by Gasteiger charge is -2.41. The van der Waals surface area contributed by atoms with Crippen molar-refractivity contribution in [2.24, 2.45) is 0 Å². The maximum Gasteiger partial charge on any atom is 0.270 e. The third kappa shape index (κ3) is 3.33. The van der Waals surface area contributed by atoms with Gasteiger partial charge in [0, 0.05) is 42.2 Å². The maximum atomic E-state index is 13.2. The first-order valence-electron chi connectivity index (χ1n) is 11.3. The average molecular weight is 447 g/mol. The SMILES string of the molecule is COc1ccc2cc(C(=O)N3CCC4(CC3)C[C@@]3(CO4)NC(=O)c4ccccc4N3)[nH]c2c1. The highest BCUT2D eigenvalue weighted by atomic mass is 16.5. The number of carbonyl (C=O) groups excluding carboxylic acids is 2. The average Bonchev–Trinajstić information content (AvgIpc) is 3.40. The minimum absolute atomic E-state index is 0.00857. The minimum atomic E-state index is -0.603.